The van der Waals surface area contributed by atoms with E-state index >= 15 is 0 Å². The molecular formula is C27H47NaO9S. The van der Waals surface area contributed by atoms with Gasteiger partial charge in [-0.1, -0.05) is 20.8 Å². The van der Waals surface area contributed by atoms with Gasteiger partial charge in [-0.2, -0.15) is 0 Å². The molecule has 0 saturated heterocycles. The van der Waals surface area contributed by atoms with E-state index in [1.54, 1.807) is 0 Å². The van der Waals surface area contributed by atoms with Crippen LogP contribution in [0.4, 0.5) is 0 Å². The molecule has 13 atom stereocenters. The van der Waals surface area contributed by atoms with E-state index in [2.05, 4.69) is 25.0 Å². The quantitative estimate of drug-likeness (QED) is 0.130. The van der Waals surface area contributed by atoms with Gasteiger partial charge in [0.2, 0.25) is 10.4 Å². The fourth-order valence-electron chi connectivity index (χ4n) is 9.46. The maximum absolute atomic E-state index is 11.7. The van der Waals surface area contributed by atoms with Crippen molar-refractivity contribution in [3.05, 3.63) is 0 Å². The Bertz CT molecular complexity index is 905. The molecule has 9 nitrogen and oxygen atoms in total. The fourth-order valence-corrected chi connectivity index (χ4v) is 9.80. The van der Waals surface area contributed by atoms with Gasteiger partial charge in [0.05, 0.1) is 37.6 Å². The number of hydrogen-bond acceptors (Lipinski definition) is 9. The Balaban J connectivity index is 0.00000400. The number of aliphatic hydroxyl groups excluding tert-OH is 5. The zero-order valence-corrected chi connectivity index (χ0v) is 26.2. The molecule has 4 aliphatic carbocycles. The van der Waals surface area contributed by atoms with Gasteiger partial charge in [0.25, 0.3) is 0 Å². The molecule has 0 radical (unpaired) electrons. The molecule has 3 unspecified atom stereocenters. The largest absolute Gasteiger partial charge is 1.00 e. The average molecular weight is 571 g/mol. The third-order valence-electron chi connectivity index (χ3n) is 11.6. The van der Waals surface area contributed by atoms with Gasteiger partial charge >= 0.3 is 29.6 Å². The van der Waals surface area contributed by atoms with Gasteiger partial charge in [-0.3, -0.25) is 4.18 Å². The van der Waals surface area contributed by atoms with Crippen molar-refractivity contribution in [2.45, 2.75) is 103 Å². The van der Waals surface area contributed by atoms with Crippen LogP contribution in [-0.2, 0) is 14.6 Å². The molecule has 0 spiro atoms. The molecule has 0 amide bonds. The van der Waals surface area contributed by atoms with Gasteiger partial charge in [-0.05, 0) is 104 Å². The zero-order chi connectivity index (χ0) is 27.3. The average Bonchev–Trinajstić information content (AvgIpc) is 3.17. The Kier molecular flexibility index (Phi) is 10.9. The monoisotopic (exact) mass is 570 g/mol. The summed E-state index contributed by atoms with van der Waals surface area (Å²) in [6.45, 7) is 5.56. The Morgan fingerprint density at radius 2 is 1.71 bits per heavy atom. The van der Waals surface area contributed by atoms with Crippen LogP contribution in [0.25, 0.3) is 0 Å². The van der Waals surface area contributed by atoms with E-state index in [1.807, 2.05) is 0 Å². The van der Waals surface area contributed by atoms with Crippen LogP contribution in [0.1, 0.15) is 78.6 Å². The topological polar surface area (TPSA) is 168 Å². The molecule has 0 aromatic carbocycles. The SMILES string of the molecule is C[C@H](CC[C@@H](O)[C@@H](CO)COS(=O)(=O)[O-])[C@H]1CCC2C3C(C[C@H](O)[C@@]21C)[C@@]1(C)CC[C@@H](O)C[C@H]1C[C@H]3O.[Na+]. The first-order valence-corrected chi connectivity index (χ1v) is 15.5. The van der Waals surface area contributed by atoms with Gasteiger partial charge in [-0.15, -0.1) is 0 Å². The number of hydrogen-bond donors (Lipinski definition) is 5. The normalized spacial score (nSPS) is 45.2. The molecule has 0 aliphatic heterocycles. The molecule has 4 rings (SSSR count). The van der Waals surface area contributed by atoms with E-state index in [0.717, 1.165) is 32.1 Å². The number of aliphatic hydroxyl groups is 5. The summed E-state index contributed by atoms with van der Waals surface area (Å²) in [5.41, 5.74) is -0.321. The summed E-state index contributed by atoms with van der Waals surface area (Å²) in [5, 5.41) is 53.4. The van der Waals surface area contributed by atoms with Crippen molar-refractivity contribution in [2.75, 3.05) is 13.2 Å². The van der Waals surface area contributed by atoms with E-state index in [-0.39, 0.29) is 82.0 Å². The van der Waals surface area contributed by atoms with Crippen LogP contribution in [-0.4, -0.2) is 76.1 Å². The molecule has 38 heavy (non-hydrogen) atoms. The second kappa shape index (κ2) is 12.5. The summed E-state index contributed by atoms with van der Waals surface area (Å²) < 4.78 is 36.5. The third-order valence-corrected chi connectivity index (χ3v) is 12.1. The van der Waals surface area contributed by atoms with Crippen molar-refractivity contribution in [3.63, 3.8) is 0 Å². The van der Waals surface area contributed by atoms with Crippen molar-refractivity contribution < 1.29 is 72.2 Å². The molecule has 0 heterocycles. The van der Waals surface area contributed by atoms with Crippen molar-refractivity contribution in [2.24, 2.45) is 52.3 Å². The van der Waals surface area contributed by atoms with E-state index < -0.39 is 47.8 Å². The Morgan fingerprint density at radius 1 is 1.03 bits per heavy atom. The molecule has 0 aromatic heterocycles. The van der Waals surface area contributed by atoms with Crippen molar-refractivity contribution in [1.29, 1.82) is 0 Å². The maximum atomic E-state index is 11.7. The molecule has 4 aliphatic rings. The Morgan fingerprint density at radius 3 is 2.34 bits per heavy atom. The molecule has 0 bridgehead atoms. The van der Waals surface area contributed by atoms with Gasteiger partial charge in [-0.25, -0.2) is 8.42 Å². The molecule has 0 aromatic rings. The minimum atomic E-state index is -4.90. The molecule has 5 N–H and O–H groups in total. The number of rotatable bonds is 9. The van der Waals surface area contributed by atoms with Crippen LogP contribution in [0, 0.1) is 52.3 Å². The fraction of sp³-hybridized carbons (Fsp3) is 1.00. The van der Waals surface area contributed by atoms with Gasteiger partial charge in [0.1, 0.15) is 0 Å². The maximum Gasteiger partial charge on any atom is 1.00 e. The molecular weight excluding hydrogens is 523 g/mol. The first-order chi connectivity index (χ1) is 17.2. The Hall–Kier alpha value is 0.670. The van der Waals surface area contributed by atoms with Crippen LogP contribution < -0.4 is 29.6 Å². The second-order valence-electron chi connectivity index (χ2n) is 13.3. The summed E-state index contributed by atoms with van der Waals surface area (Å²) in [5.74, 6) is 0.355. The molecule has 11 heteroatoms. The third kappa shape index (κ3) is 6.21. The van der Waals surface area contributed by atoms with Gasteiger partial charge in [0.15, 0.2) is 0 Å². The van der Waals surface area contributed by atoms with Crippen LogP contribution in [0.5, 0.6) is 0 Å². The molecule has 216 valence electrons. The van der Waals surface area contributed by atoms with Gasteiger partial charge < -0.3 is 30.1 Å². The van der Waals surface area contributed by atoms with Crippen molar-refractivity contribution in [1.82, 2.24) is 0 Å². The predicted molar refractivity (Wildman–Crippen MR) is 135 cm³/mol. The van der Waals surface area contributed by atoms with E-state index in [1.165, 1.54) is 0 Å². The van der Waals surface area contributed by atoms with E-state index in [4.69, 9.17) is 0 Å². The smallest absolute Gasteiger partial charge is 0.726 e. The Labute approximate surface area is 250 Å². The summed E-state index contributed by atoms with van der Waals surface area (Å²) in [6.07, 6.45) is 4.42. The minimum absolute atomic E-state index is 0. The summed E-state index contributed by atoms with van der Waals surface area (Å²) >= 11 is 0. The summed E-state index contributed by atoms with van der Waals surface area (Å²) in [4.78, 5) is 0. The summed E-state index contributed by atoms with van der Waals surface area (Å²) in [6, 6.07) is 0. The van der Waals surface area contributed by atoms with Crippen LogP contribution in [0.15, 0.2) is 0 Å². The van der Waals surface area contributed by atoms with Crippen molar-refractivity contribution >= 4 is 10.4 Å². The first kappa shape index (κ1) is 33.2. The first-order valence-electron chi connectivity index (χ1n) is 14.2. The molecule has 4 fully saturated rings. The second-order valence-corrected chi connectivity index (χ2v) is 14.3. The van der Waals surface area contributed by atoms with Crippen LogP contribution in [0.2, 0.25) is 0 Å². The number of fused-ring (bicyclic) bond motifs is 5. The molecule has 4 saturated carbocycles. The summed E-state index contributed by atoms with van der Waals surface area (Å²) in [7, 11) is -4.90. The van der Waals surface area contributed by atoms with Crippen LogP contribution in [0.3, 0.4) is 0 Å². The van der Waals surface area contributed by atoms with E-state index in [9.17, 15) is 38.5 Å². The van der Waals surface area contributed by atoms with Crippen molar-refractivity contribution in [3.8, 4) is 0 Å². The standard InChI is InChI=1S/C27H48O9S.Na/c1-15(4-7-22(30)16(13-28)14-36-37(33,34)35)19-5-6-20-25-21(12-24(32)27(19,20)3)26(2)9-8-18(29)10-17(26)11-23(25)31;/h15-25,28-32H,4-14H2,1-3H3,(H,33,34,35);/q;+1/p-1/t15-,16+,17+,18-,19-,20?,21?,22-,23-,24+,25?,26+,27-;/m1./s1. The van der Waals surface area contributed by atoms with Crippen LogP contribution >= 0.6 is 0 Å². The van der Waals surface area contributed by atoms with Gasteiger partial charge in [0, 0.05) is 5.92 Å². The zero-order valence-electron chi connectivity index (χ0n) is 23.4. The van der Waals surface area contributed by atoms with E-state index in [0.29, 0.717) is 25.7 Å². The predicted octanol–water partition coefficient (Wildman–Crippen LogP) is -1.19. The minimum Gasteiger partial charge on any atom is -0.726 e.